The van der Waals surface area contributed by atoms with Crippen LogP contribution >= 0.6 is 0 Å². The highest BCUT2D eigenvalue weighted by molar-refractivity contribution is 5.92. The third-order valence-electron chi connectivity index (χ3n) is 4.67. The molecule has 0 atom stereocenters. The van der Waals surface area contributed by atoms with E-state index >= 15 is 0 Å². The maximum absolute atomic E-state index is 12.1. The minimum Gasteiger partial charge on any atom is -0.493 e. The Labute approximate surface area is 181 Å². The van der Waals surface area contributed by atoms with Gasteiger partial charge in [0.05, 0.1) is 30.4 Å². The molecule has 0 aliphatic carbocycles. The van der Waals surface area contributed by atoms with E-state index < -0.39 is 0 Å². The van der Waals surface area contributed by atoms with Crippen LogP contribution < -0.4 is 14.8 Å². The van der Waals surface area contributed by atoms with Gasteiger partial charge in [0.2, 0.25) is 0 Å². The molecule has 0 spiro atoms. The number of aryl methyl sites for hydroxylation is 2. The summed E-state index contributed by atoms with van der Waals surface area (Å²) in [4.78, 5) is 17.2. The van der Waals surface area contributed by atoms with Crippen molar-refractivity contribution in [3.8, 4) is 11.5 Å². The van der Waals surface area contributed by atoms with E-state index in [2.05, 4.69) is 15.6 Å². The number of anilines is 1. The zero-order valence-electron chi connectivity index (χ0n) is 18.1. The van der Waals surface area contributed by atoms with E-state index in [0.717, 1.165) is 22.5 Å². The Morgan fingerprint density at radius 3 is 2.61 bits per heavy atom. The number of hydrogen-bond donors (Lipinski definition) is 1. The first-order valence-corrected chi connectivity index (χ1v) is 9.78. The summed E-state index contributed by atoms with van der Waals surface area (Å²) in [6.45, 7) is 3.95. The first-order valence-electron chi connectivity index (χ1n) is 9.78. The van der Waals surface area contributed by atoms with Gasteiger partial charge < -0.3 is 19.6 Å². The lowest BCUT2D eigenvalue weighted by Gasteiger charge is -2.11. The molecule has 1 aromatic heterocycles. The standard InChI is InChI=1S/C23H26N4O4/c1-16-23(17(2)27(3)26-16)25-22(28)15-31-24-13-19-10-11-20(21(12-19)29-4)30-14-18-8-6-5-7-9-18/h5-13H,14-15H2,1-4H3,(H,25,28)/b24-13-. The fraction of sp³-hybridized carbons (Fsp3) is 0.261. The highest BCUT2D eigenvalue weighted by Gasteiger charge is 2.12. The molecule has 3 aromatic rings. The molecule has 0 bridgehead atoms. The Balaban J connectivity index is 1.52. The summed E-state index contributed by atoms with van der Waals surface area (Å²) in [5.74, 6) is 0.907. The van der Waals surface area contributed by atoms with Crippen molar-refractivity contribution >= 4 is 17.8 Å². The molecule has 3 rings (SSSR count). The van der Waals surface area contributed by atoms with E-state index in [9.17, 15) is 4.79 Å². The molecule has 162 valence electrons. The number of ether oxygens (including phenoxy) is 2. The number of amides is 1. The van der Waals surface area contributed by atoms with Crippen LogP contribution in [0.25, 0.3) is 0 Å². The fourth-order valence-electron chi connectivity index (χ4n) is 2.94. The largest absolute Gasteiger partial charge is 0.493 e. The molecule has 0 saturated heterocycles. The maximum Gasteiger partial charge on any atom is 0.265 e. The lowest BCUT2D eigenvalue weighted by atomic mass is 10.2. The van der Waals surface area contributed by atoms with E-state index in [4.69, 9.17) is 14.3 Å². The molecule has 1 N–H and O–H groups in total. The predicted octanol–water partition coefficient (Wildman–Crippen LogP) is 3.61. The van der Waals surface area contributed by atoms with Gasteiger partial charge in [-0.05, 0) is 37.6 Å². The lowest BCUT2D eigenvalue weighted by molar-refractivity contribution is -0.120. The second-order valence-corrected chi connectivity index (χ2v) is 6.91. The van der Waals surface area contributed by atoms with Crippen molar-refractivity contribution in [2.24, 2.45) is 12.2 Å². The van der Waals surface area contributed by atoms with Crippen molar-refractivity contribution in [3.05, 3.63) is 71.0 Å². The highest BCUT2D eigenvalue weighted by Crippen LogP contribution is 2.28. The maximum atomic E-state index is 12.1. The quantitative estimate of drug-likeness (QED) is 0.420. The Bertz CT molecular complexity index is 1060. The van der Waals surface area contributed by atoms with Crippen molar-refractivity contribution in [3.63, 3.8) is 0 Å². The smallest absolute Gasteiger partial charge is 0.265 e. The summed E-state index contributed by atoms with van der Waals surface area (Å²) in [5.41, 5.74) is 4.13. The summed E-state index contributed by atoms with van der Waals surface area (Å²) in [6, 6.07) is 15.3. The third-order valence-corrected chi connectivity index (χ3v) is 4.67. The van der Waals surface area contributed by atoms with Crippen LogP contribution in [0.1, 0.15) is 22.5 Å². The molecule has 0 unspecified atom stereocenters. The molecule has 8 heteroatoms. The van der Waals surface area contributed by atoms with Gasteiger partial charge in [-0.15, -0.1) is 0 Å². The number of carbonyl (C=O) groups excluding carboxylic acids is 1. The third kappa shape index (κ3) is 5.85. The first-order chi connectivity index (χ1) is 15.0. The topological polar surface area (TPSA) is 87.0 Å². The molecule has 8 nitrogen and oxygen atoms in total. The second kappa shape index (κ2) is 10.3. The summed E-state index contributed by atoms with van der Waals surface area (Å²) >= 11 is 0. The van der Waals surface area contributed by atoms with Crippen LogP contribution in [0.15, 0.2) is 53.7 Å². The van der Waals surface area contributed by atoms with Gasteiger partial charge in [-0.3, -0.25) is 9.48 Å². The summed E-state index contributed by atoms with van der Waals surface area (Å²) in [6.07, 6.45) is 1.51. The van der Waals surface area contributed by atoms with Crippen molar-refractivity contribution < 1.29 is 19.1 Å². The number of methoxy groups -OCH3 is 1. The monoisotopic (exact) mass is 422 g/mol. The zero-order chi connectivity index (χ0) is 22.2. The molecular formula is C23H26N4O4. The Morgan fingerprint density at radius 1 is 1.16 bits per heavy atom. The van der Waals surface area contributed by atoms with Gasteiger partial charge in [-0.1, -0.05) is 35.5 Å². The molecule has 0 aliphatic heterocycles. The van der Waals surface area contributed by atoms with Crippen molar-refractivity contribution in [2.75, 3.05) is 19.0 Å². The van der Waals surface area contributed by atoms with Gasteiger partial charge in [-0.2, -0.15) is 5.10 Å². The zero-order valence-corrected chi connectivity index (χ0v) is 18.1. The highest BCUT2D eigenvalue weighted by atomic mass is 16.6. The van der Waals surface area contributed by atoms with Crippen molar-refractivity contribution in [1.29, 1.82) is 0 Å². The predicted molar refractivity (Wildman–Crippen MR) is 119 cm³/mol. The fourth-order valence-corrected chi connectivity index (χ4v) is 2.94. The summed E-state index contributed by atoms with van der Waals surface area (Å²) < 4.78 is 13.0. The first kappa shape index (κ1) is 21.9. The second-order valence-electron chi connectivity index (χ2n) is 6.91. The van der Waals surface area contributed by atoms with Crippen molar-refractivity contribution in [1.82, 2.24) is 9.78 Å². The van der Waals surface area contributed by atoms with E-state index in [1.807, 2.05) is 63.4 Å². The van der Waals surface area contributed by atoms with Gasteiger partial charge in [0.15, 0.2) is 18.1 Å². The number of rotatable bonds is 9. The van der Waals surface area contributed by atoms with Crippen LogP contribution in [0.2, 0.25) is 0 Å². The minimum atomic E-state index is -0.307. The van der Waals surface area contributed by atoms with Crippen LogP contribution in [-0.4, -0.2) is 35.6 Å². The Hall–Kier alpha value is -3.81. The normalized spacial score (nSPS) is 10.8. The Morgan fingerprint density at radius 2 is 1.94 bits per heavy atom. The van der Waals surface area contributed by atoms with Gasteiger partial charge in [-0.25, -0.2) is 0 Å². The van der Waals surface area contributed by atoms with Gasteiger partial charge in [0.1, 0.15) is 6.61 Å². The minimum absolute atomic E-state index is 0.209. The number of carbonyl (C=O) groups is 1. The number of aromatic nitrogens is 2. The van der Waals surface area contributed by atoms with E-state index in [1.54, 1.807) is 17.9 Å². The van der Waals surface area contributed by atoms with E-state index in [0.29, 0.717) is 23.8 Å². The lowest BCUT2D eigenvalue weighted by Crippen LogP contribution is -2.18. The molecule has 1 heterocycles. The van der Waals surface area contributed by atoms with Crippen LogP contribution in [0.5, 0.6) is 11.5 Å². The summed E-state index contributed by atoms with van der Waals surface area (Å²) in [5, 5.41) is 10.9. The van der Waals surface area contributed by atoms with Gasteiger partial charge in [0, 0.05) is 12.6 Å². The van der Waals surface area contributed by atoms with Crippen LogP contribution in [0, 0.1) is 13.8 Å². The summed E-state index contributed by atoms with van der Waals surface area (Å²) in [7, 11) is 3.40. The molecule has 0 fully saturated rings. The molecule has 0 aliphatic rings. The molecule has 2 aromatic carbocycles. The SMILES string of the molecule is COc1cc(/C=N\OCC(=O)Nc2c(C)nn(C)c2C)ccc1OCc1ccccc1. The molecule has 0 saturated carbocycles. The van der Waals surface area contributed by atoms with Crippen LogP contribution in [-0.2, 0) is 23.3 Å². The molecule has 31 heavy (non-hydrogen) atoms. The number of nitrogens with one attached hydrogen (secondary N) is 1. The van der Waals surface area contributed by atoms with Crippen LogP contribution in [0.4, 0.5) is 5.69 Å². The van der Waals surface area contributed by atoms with Gasteiger partial charge >= 0.3 is 0 Å². The van der Waals surface area contributed by atoms with E-state index in [-0.39, 0.29) is 12.5 Å². The number of benzene rings is 2. The average Bonchev–Trinajstić information content (AvgIpc) is 3.02. The number of nitrogens with zero attached hydrogens (tertiary/aromatic N) is 3. The Kier molecular flexibility index (Phi) is 7.26. The number of hydrogen-bond acceptors (Lipinski definition) is 6. The molecule has 1 amide bonds. The van der Waals surface area contributed by atoms with Crippen molar-refractivity contribution in [2.45, 2.75) is 20.5 Å². The van der Waals surface area contributed by atoms with E-state index in [1.165, 1.54) is 6.21 Å². The van der Waals surface area contributed by atoms with Gasteiger partial charge in [0.25, 0.3) is 5.91 Å². The van der Waals surface area contributed by atoms with Crippen LogP contribution in [0.3, 0.4) is 0 Å². The molecular weight excluding hydrogens is 396 g/mol. The number of oxime groups is 1. The average molecular weight is 422 g/mol. The molecule has 0 radical (unpaired) electrons.